The van der Waals surface area contributed by atoms with Crippen molar-refractivity contribution < 1.29 is 10.0 Å². The molecule has 3 nitrogen and oxygen atoms in total. The normalized spacial score (nSPS) is 10.0. The summed E-state index contributed by atoms with van der Waals surface area (Å²) < 4.78 is 0. The molecule has 14 heavy (non-hydrogen) atoms. The largest absolute Gasteiger partial charge is 0.482 e. The van der Waals surface area contributed by atoms with Crippen LogP contribution in [-0.2, 0) is 0 Å². The zero-order chi connectivity index (χ0) is 10.6. The van der Waals surface area contributed by atoms with E-state index in [1.165, 1.54) is 16.8 Å². The molecule has 0 saturated carbocycles. The Kier molecular flexibility index (Phi) is 3.98. The maximum absolute atomic E-state index is 7.00. The number of anilines is 1. The molecule has 0 atom stereocenters. The molecule has 0 aliphatic heterocycles. The van der Waals surface area contributed by atoms with Crippen LogP contribution < -0.4 is 4.90 Å². The average Bonchev–Trinajstić information content (AvgIpc) is 2.85. The standard InChI is InChI=1S/C10H13N.BH2O2/c1-3-11(4-2)10-6-5-8-7-9(8)10;2-1-3/h5-7H,3-4H2,1-2H3;2-3H. The quantitative estimate of drug-likeness (QED) is 0.713. The zero-order valence-corrected chi connectivity index (χ0v) is 8.57. The van der Waals surface area contributed by atoms with Gasteiger partial charge in [0, 0.05) is 24.3 Å². The lowest BCUT2D eigenvalue weighted by molar-refractivity contribution is 0.448. The Morgan fingerprint density at radius 3 is 2.07 bits per heavy atom. The van der Waals surface area contributed by atoms with Crippen LogP contribution in [0.15, 0.2) is 18.2 Å². The number of rotatable bonds is 3. The summed E-state index contributed by atoms with van der Waals surface area (Å²) in [5, 5.41) is 14.0. The van der Waals surface area contributed by atoms with Gasteiger partial charge in [-0.25, -0.2) is 0 Å². The van der Waals surface area contributed by atoms with Crippen LogP contribution in [0.3, 0.4) is 0 Å². The Labute approximate surface area is 85.3 Å². The van der Waals surface area contributed by atoms with E-state index in [4.69, 9.17) is 10.0 Å². The molecule has 0 aromatic carbocycles. The molecule has 0 amide bonds. The number of benzene rings is 1. The van der Waals surface area contributed by atoms with Gasteiger partial charge >= 0.3 is 7.69 Å². The lowest BCUT2D eigenvalue weighted by Gasteiger charge is -2.19. The molecule has 2 rings (SSSR count). The second kappa shape index (κ2) is 5.03. The van der Waals surface area contributed by atoms with Gasteiger partial charge in [0.2, 0.25) is 0 Å². The van der Waals surface area contributed by atoms with Crippen molar-refractivity contribution in [2.24, 2.45) is 0 Å². The smallest absolute Gasteiger partial charge is 0.429 e. The molecule has 2 aliphatic carbocycles. The molecule has 75 valence electrons. The summed E-state index contributed by atoms with van der Waals surface area (Å²) in [6, 6.07) is 6.66. The predicted molar refractivity (Wildman–Crippen MR) is 59.2 cm³/mol. The second-order valence-corrected chi connectivity index (χ2v) is 3.02. The van der Waals surface area contributed by atoms with Gasteiger partial charge in [-0.15, -0.1) is 0 Å². The van der Waals surface area contributed by atoms with Crippen LogP contribution in [0.2, 0.25) is 0 Å². The number of fused-ring (bicyclic) bond motifs is 1. The van der Waals surface area contributed by atoms with E-state index in [0.717, 1.165) is 13.1 Å². The first-order valence-electron chi connectivity index (χ1n) is 4.77. The molecule has 0 aromatic heterocycles. The van der Waals surface area contributed by atoms with Gasteiger partial charge in [-0.1, -0.05) is 6.07 Å². The number of hydrogen-bond donors (Lipinski definition) is 2. The van der Waals surface area contributed by atoms with Crippen LogP contribution >= 0.6 is 0 Å². The van der Waals surface area contributed by atoms with Crippen molar-refractivity contribution in [1.29, 1.82) is 0 Å². The maximum Gasteiger partial charge on any atom is 0.482 e. The van der Waals surface area contributed by atoms with Crippen LogP contribution in [0.1, 0.15) is 13.8 Å². The third-order valence-electron chi connectivity index (χ3n) is 2.33. The minimum atomic E-state index is 0. The van der Waals surface area contributed by atoms with Crippen LogP contribution in [0.4, 0.5) is 5.69 Å². The lowest BCUT2D eigenvalue weighted by atomic mass is 10.4. The van der Waals surface area contributed by atoms with E-state index in [1.54, 1.807) is 0 Å². The van der Waals surface area contributed by atoms with Gasteiger partial charge in [0.25, 0.3) is 0 Å². The van der Waals surface area contributed by atoms with Crippen molar-refractivity contribution in [1.82, 2.24) is 0 Å². The van der Waals surface area contributed by atoms with Gasteiger partial charge in [0.15, 0.2) is 0 Å². The SMILES string of the molecule is CCN(CC)c1ccc2cc1-2.O[B]O. The Balaban J connectivity index is 0.000000293. The minimum absolute atomic E-state index is 0. The molecule has 0 bridgehead atoms. The highest BCUT2D eigenvalue weighted by Crippen LogP contribution is 2.43. The van der Waals surface area contributed by atoms with Crippen molar-refractivity contribution in [3.63, 3.8) is 0 Å². The van der Waals surface area contributed by atoms with E-state index in [-0.39, 0.29) is 7.69 Å². The van der Waals surface area contributed by atoms with Gasteiger partial charge < -0.3 is 14.9 Å². The van der Waals surface area contributed by atoms with Gasteiger partial charge in [-0.05, 0) is 31.5 Å². The zero-order valence-electron chi connectivity index (χ0n) is 8.57. The third kappa shape index (κ3) is 2.27. The molecule has 2 N–H and O–H groups in total. The van der Waals surface area contributed by atoms with Crippen molar-refractivity contribution in [3.05, 3.63) is 18.2 Å². The highest BCUT2D eigenvalue weighted by molar-refractivity contribution is 6.13. The Hall–Kier alpha value is -0.995. The molecule has 4 heteroatoms. The average molecular weight is 192 g/mol. The van der Waals surface area contributed by atoms with Crippen molar-refractivity contribution in [2.75, 3.05) is 18.0 Å². The van der Waals surface area contributed by atoms with E-state index in [0.29, 0.717) is 0 Å². The molecule has 0 aromatic rings. The first-order chi connectivity index (χ1) is 6.78. The highest BCUT2D eigenvalue weighted by Gasteiger charge is 2.19. The van der Waals surface area contributed by atoms with Crippen molar-refractivity contribution >= 4 is 13.4 Å². The summed E-state index contributed by atoms with van der Waals surface area (Å²) in [6.07, 6.45) is 0. The van der Waals surface area contributed by atoms with E-state index in [2.05, 4.69) is 36.9 Å². The summed E-state index contributed by atoms with van der Waals surface area (Å²) >= 11 is 0. The van der Waals surface area contributed by atoms with Crippen LogP contribution in [0.25, 0.3) is 11.1 Å². The Morgan fingerprint density at radius 2 is 1.79 bits per heavy atom. The van der Waals surface area contributed by atoms with Gasteiger partial charge in [-0.2, -0.15) is 0 Å². The fraction of sp³-hybridized carbons (Fsp3) is 0.400. The predicted octanol–water partition coefficient (Wildman–Crippen LogP) is 1.02. The van der Waals surface area contributed by atoms with E-state index >= 15 is 0 Å². The van der Waals surface area contributed by atoms with Gasteiger partial charge in [0.05, 0.1) is 0 Å². The highest BCUT2D eigenvalue weighted by atomic mass is 16.4. The van der Waals surface area contributed by atoms with E-state index in [9.17, 15) is 0 Å². The summed E-state index contributed by atoms with van der Waals surface area (Å²) in [6.45, 7) is 6.62. The lowest BCUT2D eigenvalue weighted by Crippen LogP contribution is -2.21. The molecule has 0 fully saturated rings. The topological polar surface area (TPSA) is 43.7 Å². The second-order valence-electron chi connectivity index (χ2n) is 3.02. The molecule has 0 heterocycles. The summed E-state index contributed by atoms with van der Waals surface area (Å²) in [5.74, 6) is 0. The van der Waals surface area contributed by atoms with Gasteiger partial charge in [-0.3, -0.25) is 0 Å². The number of hydrogen-bond acceptors (Lipinski definition) is 3. The van der Waals surface area contributed by atoms with Crippen LogP contribution in [0.5, 0.6) is 0 Å². The van der Waals surface area contributed by atoms with Crippen molar-refractivity contribution in [2.45, 2.75) is 13.8 Å². The molecule has 1 radical (unpaired) electrons. The molecule has 2 aliphatic rings. The van der Waals surface area contributed by atoms with E-state index < -0.39 is 0 Å². The van der Waals surface area contributed by atoms with Crippen LogP contribution in [0, 0.1) is 0 Å². The molecule has 0 spiro atoms. The van der Waals surface area contributed by atoms with Crippen LogP contribution in [-0.4, -0.2) is 30.8 Å². The number of nitrogens with zero attached hydrogens (tertiary/aromatic N) is 1. The summed E-state index contributed by atoms with van der Waals surface area (Å²) in [5.41, 5.74) is 4.32. The molecular formula is C10H15BNO2. The monoisotopic (exact) mass is 192 g/mol. The minimum Gasteiger partial charge on any atom is -0.429 e. The molecular weight excluding hydrogens is 177 g/mol. The van der Waals surface area contributed by atoms with Gasteiger partial charge in [0.1, 0.15) is 0 Å². The fourth-order valence-corrected chi connectivity index (χ4v) is 1.58. The van der Waals surface area contributed by atoms with E-state index in [1.807, 2.05) is 0 Å². The first-order valence-corrected chi connectivity index (χ1v) is 4.77. The Bertz CT molecular complexity index is 300. The molecule has 0 unspecified atom stereocenters. The summed E-state index contributed by atoms with van der Waals surface area (Å²) in [4.78, 5) is 2.39. The first kappa shape index (κ1) is 11.1. The maximum atomic E-state index is 7.00. The Morgan fingerprint density at radius 1 is 1.21 bits per heavy atom. The van der Waals surface area contributed by atoms with Crippen molar-refractivity contribution in [3.8, 4) is 11.1 Å². The third-order valence-corrected chi connectivity index (χ3v) is 2.33. The summed E-state index contributed by atoms with van der Waals surface area (Å²) in [7, 11) is 0. The molecule has 0 saturated heterocycles. The fourth-order valence-electron chi connectivity index (χ4n) is 1.58.